The quantitative estimate of drug-likeness (QED) is 0.119. The van der Waals surface area contributed by atoms with E-state index in [1.54, 1.807) is 0 Å². The summed E-state index contributed by atoms with van der Waals surface area (Å²) in [6, 6.07) is 69.9. The van der Waals surface area contributed by atoms with Gasteiger partial charge in [0.2, 0.25) is 0 Å². The Balaban J connectivity index is 1.18. The molecule has 0 aliphatic heterocycles. The summed E-state index contributed by atoms with van der Waals surface area (Å²) >= 11 is 0. The summed E-state index contributed by atoms with van der Waals surface area (Å²) in [5.41, 5.74) is 9.92. The first-order valence-electron chi connectivity index (χ1n) is 18.7. The molecule has 6 nitrogen and oxygen atoms in total. The summed E-state index contributed by atoms with van der Waals surface area (Å²) in [5, 5.41) is 16.1. The maximum atomic E-state index is 5.35. The molecule has 0 aliphatic carbocycles. The van der Waals surface area contributed by atoms with Crippen LogP contribution in [-0.2, 0) is 0 Å². The van der Waals surface area contributed by atoms with E-state index < -0.39 is 7.12 Å². The number of rotatable bonds is 12. The lowest BCUT2D eigenvalue weighted by atomic mass is 9.89. The van der Waals surface area contributed by atoms with E-state index in [9.17, 15) is 0 Å². The third-order valence-corrected chi connectivity index (χ3v) is 10.3. The van der Waals surface area contributed by atoms with E-state index in [0.29, 0.717) is 0 Å². The lowest BCUT2D eigenvalue weighted by Crippen LogP contribution is -2.43. The molecule has 7 heteroatoms. The molecule has 55 heavy (non-hydrogen) atoms. The fraction of sp³-hybridized carbons (Fsp3) is 0.0625. The third-order valence-electron chi connectivity index (χ3n) is 10.3. The van der Waals surface area contributed by atoms with Gasteiger partial charge in [-0.3, -0.25) is 0 Å². The monoisotopic (exact) mass is 710 g/mol. The van der Waals surface area contributed by atoms with Crippen molar-refractivity contribution in [2.45, 2.75) is 17.8 Å². The Hall–Kier alpha value is -6.99. The van der Waals surface area contributed by atoms with Gasteiger partial charge in [-0.2, -0.15) is 0 Å². The molecule has 9 aromatic rings. The zero-order valence-electron chi connectivity index (χ0n) is 30.3. The van der Waals surface area contributed by atoms with Crippen molar-refractivity contribution in [2.75, 3.05) is 0 Å². The molecule has 0 bridgehead atoms. The van der Waals surface area contributed by atoms with E-state index >= 15 is 0 Å². The lowest BCUT2D eigenvalue weighted by Gasteiger charge is -2.30. The van der Waals surface area contributed by atoms with Crippen molar-refractivity contribution in [2.24, 2.45) is 0 Å². The first kappa shape index (κ1) is 33.8. The maximum absolute atomic E-state index is 5.35. The van der Waals surface area contributed by atoms with Crippen molar-refractivity contribution >= 4 is 7.12 Å². The fourth-order valence-electron chi connectivity index (χ4n) is 7.74. The number of benzene rings is 6. The first-order valence-corrected chi connectivity index (χ1v) is 18.7. The second-order valence-electron chi connectivity index (χ2n) is 13.8. The van der Waals surface area contributed by atoms with Gasteiger partial charge in [-0.05, 0) is 70.2 Å². The van der Waals surface area contributed by atoms with Crippen molar-refractivity contribution in [3.8, 4) is 0 Å². The molecule has 1 radical (unpaired) electrons. The van der Waals surface area contributed by atoms with Gasteiger partial charge in [0.15, 0.2) is 0 Å². The highest BCUT2D eigenvalue weighted by Gasteiger charge is 2.24. The molecule has 3 aromatic heterocycles. The Morgan fingerprint density at radius 3 is 0.673 bits per heavy atom. The molecule has 0 spiro atoms. The Bertz CT molecular complexity index is 2140. The highest BCUT2D eigenvalue weighted by molar-refractivity contribution is 6.52. The molecule has 0 fully saturated rings. The average Bonchev–Trinajstić information content (AvgIpc) is 4.05. The maximum Gasteiger partial charge on any atom is 0.260 e. The molecular weight excluding hydrogens is 671 g/mol. The summed E-state index contributed by atoms with van der Waals surface area (Å²) in [6.45, 7) is 0. The average molecular weight is 711 g/mol. The van der Waals surface area contributed by atoms with Gasteiger partial charge < -0.3 is 13.8 Å². The van der Waals surface area contributed by atoms with Crippen LogP contribution < -0.4 is 0 Å². The minimum atomic E-state index is -0.525. The standard InChI is InChI=1S/C48H39BN6/c1-7-19-37(20-8-1)46(38-21-9-2-10-22-38)43-31-34-53(50-43)49(54-35-32-44(51-54)47(39-23-11-3-12-24-39)40-25-13-4-14-26-40)55-36-33-45(52-55)48(41-27-15-5-16-28-41)42-29-17-6-18-30-42/h1-36,46-48H/q-1. The van der Waals surface area contributed by atoms with Gasteiger partial charge in [0.05, 0.1) is 34.8 Å². The molecule has 0 N–H and O–H groups in total. The molecule has 9 rings (SSSR count). The SMILES string of the molecule is c1ccc(C(c2ccccc2)c2ccn([B-](n3ccc(C(c4ccccc4)c4ccccc4)n3)n3ccc(C(c4ccccc4)c4ccccc4)n3)n2)cc1. The van der Waals surface area contributed by atoms with Crippen molar-refractivity contribution in [3.05, 3.63) is 269 Å². The van der Waals surface area contributed by atoms with Crippen LogP contribution in [0.1, 0.15) is 68.2 Å². The fourth-order valence-corrected chi connectivity index (χ4v) is 7.74. The summed E-state index contributed by atoms with van der Waals surface area (Å²) < 4.78 is 5.96. The number of hydrogen-bond donors (Lipinski definition) is 0. The van der Waals surface area contributed by atoms with Crippen LogP contribution in [0.15, 0.2) is 219 Å². The van der Waals surface area contributed by atoms with E-state index in [-0.39, 0.29) is 17.8 Å². The van der Waals surface area contributed by atoms with E-state index in [0.717, 1.165) is 17.1 Å². The highest BCUT2D eigenvalue weighted by Crippen LogP contribution is 2.34. The van der Waals surface area contributed by atoms with E-state index in [2.05, 4.69) is 219 Å². The molecular formula is C48H39BN6-. The number of hydrogen-bond acceptors (Lipinski definition) is 3. The molecule has 0 unspecified atom stereocenters. The predicted molar refractivity (Wildman–Crippen MR) is 220 cm³/mol. The second-order valence-corrected chi connectivity index (χ2v) is 13.8. The zero-order chi connectivity index (χ0) is 36.8. The van der Waals surface area contributed by atoms with Crippen molar-refractivity contribution < 1.29 is 0 Å². The normalized spacial score (nSPS) is 11.6. The van der Waals surface area contributed by atoms with Gasteiger partial charge in [-0.25, -0.2) is 15.3 Å². The largest absolute Gasteiger partial charge is 0.425 e. The van der Waals surface area contributed by atoms with E-state index in [1.807, 2.05) is 13.8 Å². The van der Waals surface area contributed by atoms with Crippen LogP contribution in [0, 0.1) is 0 Å². The van der Waals surface area contributed by atoms with E-state index in [1.165, 1.54) is 33.4 Å². The van der Waals surface area contributed by atoms with Gasteiger partial charge in [0, 0.05) is 0 Å². The molecule has 0 atom stereocenters. The topological polar surface area (TPSA) is 53.5 Å². The summed E-state index contributed by atoms with van der Waals surface area (Å²) in [5.74, 6) is -0.148. The molecule has 0 amide bonds. The summed E-state index contributed by atoms with van der Waals surface area (Å²) in [7, 11) is -0.525. The predicted octanol–water partition coefficient (Wildman–Crippen LogP) is 9.75. The number of nitrogens with zero attached hydrogens (tertiary/aromatic N) is 6. The van der Waals surface area contributed by atoms with Gasteiger partial charge in [0.25, 0.3) is 7.12 Å². The first-order chi connectivity index (χ1) is 27.3. The van der Waals surface area contributed by atoms with Gasteiger partial charge >= 0.3 is 0 Å². The van der Waals surface area contributed by atoms with Crippen molar-refractivity contribution in [3.63, 3.8) is 0 Å². The third kappa shape index (κ3) is 7.08. The lowest BCUT2D eigenvalue weighted by molar-refractivity contribution is 0.733. The van der Waals surface area contributed by atoms with Gasteiger partial charge in [-0.1, -0.05) is 182 Å². The Kier molecular flexibility index (Phi) is 9.56. The molecule has 0 saturated heterocycles. The summed E-state index contributed by atoms with van der Waals surface area (Å²) in [4.78, 5) is 0. The van der Waals surface area contributed by atoms with E-state index in [4.69, 9.17) is 15.3 Å². The van der Waals surface area contributed by atoms with Gasteiger partial charge in [0.1, 0.15) is 0 Å². The Labute approximate surface area is 322 Å². The van der Waals surface area contributed by atoms with Gasteiger partial charge in [-0.15, -0.1) is 0 Å². The second kappa shape index (κ2) is 15.5. The smallest absolute Gasteiger partial charge is 0.260 e. The van der Waals surface area contributed by atoms with Crippen LogP contribution in [-0.4, -0.2) is 36.2 Å². The zero-order valence-corrected chi connectivity index (χ0v) is 30.3. The van der Waals surface area contributed by atoms with Crippen LogP contribution in [0.4, 0.5) is 0 Å². The summed E-state index contributed by atoms with van der Waals surface area (Å²) in [6.07, 6.45) is 6.16. The molecule has 6 aromatic carbocycles. The minimum Gasteiger partial charge on any atom is -0.425 e. The Morgan fingerprint density at radius 2 is 0.473 bits per heavy atom. The van der Waals surface area contributed by atoms with Crippen LogP contribution in [0.25, 0.3) is 0 Å². The van der Waals surface area contributed by atoms with Crippen LogP contribution in [0.2, 0.25) is 0 Å². The molecule has 0 aliphatic rings. The van der Waals surface area contributed by atoms with Crippen LogP contribution >= 0.6 is 0 Å². The Morgan fingerprint density at radius 1 is 0.273 bits per heavy atom. The molecule has 265 valence electrons. The molecule has 3 heterocycles. The van der Waals surface area contributed by atoms with Crippen LogP contribution in [0.5, 0.6) is 0 Å². The number of aromatic nitrogens is 6. The molecule has 0 saturated carbocycles. The minimum absolute atomic E-state index is 0.0493. The highest BCUT2D eigenvalue weighted by atomic mass is 15.4. The van der Waals surface area contributed by atoms with Crippen molar-refractivity contribution in [1.82, 2.24) is 29.1 Å². The van der Waals surface area contributed by atoms with Crippen LogP contribution in [0.3, 0.4) is 0 Å². The van der Waals surface area contributed by atoms with Crippen molar-refractivity contribution in [1.29, 1.82) is 0 Å².